The van der Waals surface area contributed by atoms with Gasteiger partial charge in [-0.3, -0.25) is 0 Å². The predicted octanol–water partition coefficient (Wildman–Crippen LogP) is 4.72. The molecule has 0 saturated heterocycles. The van der Waals surface area contributed by atoms with E-state index in [9.17, 15) is 4.79 Å². The first-order chi connectivity index (χ1) is 12.3. The molecular formula is C22H16O3. The van der Waals surface area contributed by atoms with Crippen molar-refractivity contribution < 1.29 is 9.15 Å². The fraction of sp³-hybridized carbons (Fsp3) is 0.136. The SMILES string of the molecule is COc1cccc2c1ccc1oc(=O)c3c(c12)-c1ccccc1CC3. The van der Waals surface area contributed by atoms with E-state index < -0.39 is 0 Å². The summed E-state index contributed by atoms with van der Waals surface area (Å²) >= 11 is 0. The van der Waals surface area contributed by atoms with Gasteiger partial charge in [0.05, 0.1) is 7.11 Å². The van der Waals surface area contributed by atoms with Crippen LogP contribution in [0.2, 0.25) is 0 Å². The zero-order valence-electron chi connectivity index (χ0n) is 13.8. The van der Waals surface area contributed by atoms with Gasteiger partial charge in [0.1, 0.15) is 11.3 Å². The molecule has 1 aliphatic rings. The van der Waals surface area contributed by atoms with Crippen LogP contribution in [0.1, 0.15) is 11.1 Å². The van der Waals surface area contributed by atoms with Gasteiger partial charge in [-0.25, -0.2) is 4.79 Å². The minimum absolute atomic E-state index is 0.223. The molecule has 0 atom stereocenters. The van der Waals surface area contributed by atoms with Crippen molar-refractivity contribution in [2.24, 2.45) is 0 Å². The molecule has 0 bridgehead atoms. The Morgan fingerprint density at radius 3 is 2.68 bits per heavy atom. The lowest BCUT2D eigenvalue weighted by molar-refractivity contribution is 0.420. The average Bonchev–Trinajstić information content (AvgIpc) is 2.66. The number of benzene rings is 3. The maximum atomic E-state index is 12.6. The molecule has 3 heteroatoms. The van der Waals surface area contributed by atoms with E-state index in [0.29, 0.717) is 12.0 Å². The van der Waals surface area contributed by atoms with Gasteiger partial charge in [0.2, 0.25) is 0 Å². The number of methoxy groups -OCH3 is 1. The van der Waals surface area contributed by atoms with Crippen molar-refractivity contribution in [2.75, 3.05) is 7.11 Å². The molecule has 0 unspecified atom stereocenters. The fourth-order valence-electron chi connectivity index (χ4n) is 4.01. The molecule has 1 heterocycles. The number of hydrogen-bond acceptors (Lipinski definition) is 3. The van der Waals surface area contributed by atoms with Crippen molar-refractivity contribution in [1.29, 1.82) is 0 Å². The Morgan fingerprint density at radius 1 is 0.920 bits per heavy atom. The Morgan fingerprint density at radius 2 is 1.80 bits per heavy atom. The monoisotopic (exact) mass is 328 g/mol. The normalized spacial score (nSPS) is 12.8. The molecule has 122 valence electrons. The van der Waals surface area contributed by atoms with Crippen molar-refractivity contribution in [3.05, 3.63) is 76.1 Å². The van der Waals surface area contributed by atoms with Crippen LogP contribution in [0.4, 0.5) is 0 Å². The molecule has 0 radical (unpaired) electrons. The molecule has 4 aromatic rings. The third-order valence-corrected chi connectivity index (χ3v) is 5.14. The van der Waals surface area contributed by atoms with E-state index in [1.807, 2.05) is 30.3 Å². The van der Waals surface area contributed by atoms with Crippen molar-refractivity contribution in [2.45, 2.75) is 12.8 Å². The number of rotatable bonds is 1. The van der Waals surface area contributed by atoms with Crippen molar-refractivity contribution >= 4 is 21.7 Å². The van der Waals surface area contributed by atoms with E-state index in [4.69, 9.17) is 9.15 Å². The van der Waals surface area contributed by atoms with Crippen LogP contribution in [0, 0.1) is 0 Å². The van der Waals surface area contributed by atoms with E-state index >= 15 is 0 Å². The van der Waals surface area contributed by atoms with E-state index in [2.05, 4.69) is 24.3 Å². The van der Waals surface area contributed by atoms with Gasteiger partial charge < -0.3 is 9.15 Å². The highest BCUT2D eigenvalue weighted by molar-refractivity contribution is 6.14. The Kier molecular flexibility index (Phi) is 2.98. The second-order valence-corrected chi connectivity index (χ2v) is 6.39. The summed E-state index contributed by atoms with van der Waals surface area (Å²) in [6.07, 6.45) is 1.58. The zero-order valence-corrected chi connectivity index (χ0v) is 13.8. The van der Waals surface area contributed by atoms with Crippen molar-refractivity contribution in [3.63, 3.8) is 0 Å². The molecule has 1 aliphatic carbocycles. The van der Waals surface area contributed by atoms with E-state index in [0.717, 1.165) is 45.0 Å². The molecule has 0 spiro atoms. The Bertz CT molecular complexity index is 1200. The Balaban J connectivity index is 2.04. The van der Waals surface area contributed by atoms with Gasteiger partial charge >= 0.3 is 5.63 Å². The maximum absolute atomic E-state index is 12.6. The molecule has 5 rings (SSSR count). The van der Waals surface area contributed by atoms with Gasteiger partial charge in [0.15, 0.2) is 0 Å². The van der Waals surface area contributed by atoms with Crippen LogP contribution < -0.4 is 10.4 Å². The largest absolute Gasteiger partial charge is 0.496 e. The van der Waals surface area contributed by atoms with Gasteiger partial charge in [-0.2, -0.15) is 0 Å². The zero-order chi connectivity index (χ0) is 17.0. The topological polar surface area (TPSA) is 39.4 Å². The molecule has 0 N–H and O–H groups in total. The second kappa shape index (κ2) is 5.21. The van der Waals surface area contributed by atoms with Crippen LogP contribution >= 0.6 is 0 Å². The number of ether oxygens (including phenoxy) is 1. The molecular weight excluding hydrogens is 312 g/mol. The summed E-state index contributed by atoms with van der Waals surface area (Å²) in [5.41, 5.74) is 4.62. The van der Waals surface area contributed by atoms with Crippen LogP contribution in [-0.2, 0) is 12.8 Å². The summed E-state index contributed by atoms with van der Waals surface area (Å²) < 4.78 is 11.2. The lowest BCUT2D eigenvalue weighted by atomic mass is 9.83. The first kappa shape index (κ1) is 14.3. The molecule has 3 aromatic carbocycles. The van der Waals surface area contributed by atoms with Crippen molar-refractivity contribution in [3.8, 4) is 16.9 Å². The summed E-state index contributed by atoms with van der Waals surface area (Å²) in [7, 11) is 1.68. The highest BCUT2D eigenvalue weighted by Crippen LogP contribution is 2.41. The molecule has 3 nitrogen and oxygen atoms in total. The summed E-state index contributed by atoms with van der Waals surface area (Å²) in [5.74, 6) is 0.823. The van der Waals surface area contributed by atoms with E-state index in [1.165, 1.54) is 5.56 Å². The molecule has 1 aromatic heterocycles. The fourth-order valence-corrected chi connectivity index (χ4v) is 4.01. The smallest absolute Gasteiger partial charge is 0.340 e. The van der Waals surface area contributed by atoms with Crippen LogP contribution in [-0.4, -0.2) is 7.11 Å². The minimum atomic E-state index is -0.223. The molecule has 0 saturated carbocycles. The van der Waals surface area contributed by atoms with E-state index in [1.54, 1.807) is 7.11 Å². The summed E-state index contributed by atoms with van der Waals surface area (Å²) in [6, 6.07) is 18.2. The van der Waals surface area contributed by atoms with Crippen LogP contribution in [0.3, 0.4) is 0 Å². The third kappa shape index (κ3) is 1.96. The first-order valence-electron chi connectivity index (χ1n) is 8.41. The quantitative estimate of drug-likeness (QED) is 0.375. The number of fused-ring (bicyclic) bond motifs is 7. The Hall–Kier alpha value is -3.07. The second-order valence-electron chi connectivity index (χ2n) is 6.39. The minimum Gasteiger partial charge on any atom is -0.496 e. The van der Waals surface area contributed by atoms with Crippen LogP contribution in [0.5, 0.6) is 5.75 Å². The highest BCUT2D eigenvalue weighted by Gasteiger charge is 2.24. The van der Waals surface area contributed by atoms with Gasteiger partial charge in [-0.1, -0.05) is 36.4 Å². The summed E-state index contributed by atoms with van der Waals surface area (Å²) in [5, 5.41) is 3.07. The van der Waals surface area contributed by atoms with E-state index in [-0.39, 0.29) is 5.63 Å². The number of hydrogen-bond donors (Lipinski definition) is 0. The van der Waals surface area contributed by atoms with Crippen LogP contribution in [0.15, 0.2) is 63.8 Å². The lowest BCUT2D eigenvalue weighted by Gasteiger charge is -2.21. The van der Waals surface area contributed by atoms with Gasteiger partial charge in [-0.05, 0) is 47.6 Å². The average molecular weight is 328 g/mol. The molecule has 0 aliphatic heterocycles. The standard InChI is InChI=1S/C22H16O3/c1-24-18-8-4-7-16-15(18)11-12-19-21(16)20-14-6-3-2-5-13(14)9-10-17(20)22(23)25-19/h2-8,11-12H,9-10H2,1H3. The Labute approximate surface area is 144 Å². The van der Waals surface area contributed by atoms with Crippen LogP contribution in [0.25, 0.3) is 32.9 Å². The predicted molar refractivity (Wildman–Crippen MR) is 99.4 cm³/mol. The van der Waals surface area contributed by atoms with Gasteiger partial charge in [0, 0.05) is 21.9 Å². The summed E-state index contributed by atoms with van der Waals surface area (Å²) in [4.78, 5) is 12.6. The molecule has 0 fully saturated rings. The van der Waals surface area contributed by atoms with Gasteiger partial charge in [-0.15, -0.1) is 0 Å². The molecule has 25 heavy (non-hydrogen) atoms. The highest BCUT2D eigenvalue weighted by atomic mass is 16.5. The maximum Gasteiger partial charge on any atom is 0.340 e. The number of aryl methyl sites for hydroxylation is 1. The first-order valence-corrected chi connectivity index (χ1v) is 8.41. The third-order valence-electron chi connectivity index (χ3n) is 5.14. The summed E-state index contributed by atoms with van der Waals surface area (Å²) in [6.45, 7) is 0. The lowest BCUT2D eigenvalue weighted by Crippen LogP contribution is -2.15. The van der Waals surface area contributed by atoms with Crippen molar-refractivity contribution in [1.82, 2.24) is 0 Å². The molecule has 0 amide bonds. The van der Waals surface area contributed by atoms with Gasteiger partial charge in [0.25, 0.3) is 0 Å².